The van der Waals surface area contributed by atoms with Gasteiger partial charge < -0.3 is 47.0 Å². The van der Waals surface area contributed by atoms with Gasteiger partial charge in [-0.2, -0.15) is 0 Å². The molecule has 4 unspecified atom stereocenters. The molecule has 0 saturated carbocycles. The molecule has 16 heteroatoms. The Bertz CT molecular complexity index is 1350. The van der Waals surface area contributed by atoms with Gasteiger partial charge in [-0.1, -0.05) is 12.1 Å². The maximum atomic E-state index is 13.3. The molecule has 16 nitrogen and oxygen atoms in total. The van der Waals surface area contributed by atoms with E-state index in [9.17, 15) is 34.2 Å². The normalized spacial score (nSPS) is 13.7. The number of hydrogen-bond donors (Lipinski definition) is 9. The number of aliphatic carboxylic acids is 2. The second kappa shape index (κ2) is 14.9. The van der Waals surface area contributed by atoms with Crippen molar-refractivity contribution in [2.75, 3.05) is 0 Å². The number of phenolic OH excluding ortho intramolecular Hbond substituents is 1. The summed E-state index contributed by atoms with van der Waals surface area (Å²) in [7, 11) is 0. The van der Waals surface area contributed by atoms with Gasteiger partial charge >= 0.3 is 11.9 Å². The van der Waals surface area contributed by atoms with Crippen molar-refractivity contribution in [3.05, 3.63) is 66.3 Å². The third kappa shape index (κ3) is 9.74. The first-order chi connectivity index (χ1) is 20.0. The zero-order valence-corrected chi connectivity index (χ0v) is 22.3. The number of nitrogens with zero attached hydrogens (tertiary/aromatic N) is 2. The molecule has 0 spiro atoms. The molecule has 0 aliphatic heterocycles. The van der Waals surface area contributed by atoms with Crippen molar-refractivity contribution in [2.45, 2.75) is 56.3 Å². The maximum absolute atomic E-state index is 13.3. The van der Waals surface area contributed by atoms with Gasteiger partial charge in [-0.25, -0.2) is 14.8 Å². The van der Waals surface area contributed by atoms with Crippen LogP contribution in [0.25, 0.3) is 0 Å². The molecule has 2 aromatic heterocycles. The fourth-order valence-corrected chi connectivity index (χ4v) is 3.98. The quantitative estimate of drug-likeness (QED) is 0.0944. The highest BCUT2D eigenvalue weighted by Gasteiger charge is 2.31. The third-order valence-corrected chi connectivity index (χ3v) is 6.21. The summed E-state index contributed by atoms with van der Waals surface area (Å²) in [5.41, 5.74) is 7.49. The van der Waals surface area contributed by atoms with E-state index in [1.165, 1.54) is 49.3 Å². The van der Waals surface area contributed by atoms with E-state index in [1.807, 2.05) is 0 Å². The summed E-state index contributed by atoms with van der Waals surface area (Å²) in [6.07, 6.45) is 4.71. The number of carboxylic acid groups (broad SMARTS) is 2. The molecule has 1 aromatic carbocycles. The zero-order valence-electron chi connectivity index (χ0n) is 22.3. The molecule has 0 radical (unpaired) electrons. The number of aromatic nitrogens is 4. The number of H-pyrrole nitrogens is 2. The Balaban J connectivity index is 1.75. The van der Waals surface area contributed by atoms with Crippen LogP contribution in [0.4, 0.5) is 0 Å². The van der Waals surface area contributed by atoms with Gasteiger partial charge in [-0.05, 0) is 24.1 Å². The van der Waals surface area contributed by atoms with Crippen LogP contribution >= 0.6 is 0 Å². The van der Waals surface area contributed by atoms with Crippen LogP contribution in [-0.4, -0.2) is 89.1 Å². The highest BCUT2D eigenvalue weighted by atomic mass is 16.4. The summed E-state index contributed by atoms with van der Waals surface area (Å²) in [5.74, 6) is -5.00. The van der Waals surface area contributed by atoms with Gasteiger partial charge in [0.15, 0.2) is 0 Å². The van der Waals surface area contributed by atoms with E-state index in [0.717, 1.165) is 0 Å². The molecule has 0 saturated heterocycles. The maximum Gasteiger partial charge on any atom is 0.326 e. The number of imidazole rings is 2. The number of phenols is 1. The fourth-order valence-electron chi connectivity index (χ4n) is 3.98. The van der Waals surface area contributed by atoms with Gasteiger partial charge in [-0.3, -0.25) is 19.2 Å². The van der Waals surface area contributed by atoms with Crippen molar-refractivity contribution in [2.24, 2.45) is 5.73 Å². The van der Waals surface area contributed by atoms with E-state index in [4.69, 9.17) is 10.8 Å². The summed E-state index contributed by atoms with van der Waals surface area (Å²) in [6, 6.07) is 0.598. The van der Waals surface area contributed by atoms with Crippen LogP contribution in [0.5, 0.6) is 5.75 Å². The monoisotopic (exact) mass is 584 g/mol. The largest absolute Gasteiger partial charge is 0.508 e. The molecule has 3 amide bonds. The number of carboxylic acids is 2. The molecule has 0 bridgehead atoms. The topological polar surface area (TPSA) is 266 Å². The number of carbonyl (C=O) groups excluding carboxylic acids is 3. The van der Waals surface area contributed by atoms with Crippen LogP contribution in [0, 0.1) is 0 Å². The Kier molecular flexibility index (Phi) is 11.1. The zero-order chi connectivity index (χ0) is 30.6. The van der Waals surface area contributed by atoms with Crippen LogP contribution < -0.4 is 21.7 Å². The number of aromatic amines is 2. The molecule has 3 aromatic rings. The summed E-state index contributed by atoms with van der Waals surface area (Å²) < 4.78 is 0. The summed E-state index contributed by atoms with van der Waals surface area (Å²) in [6.45, 7) is 0. The summed E-state index contributed by atoms with van der Waals surface area (Å²) in [5, 5.41) is 35.7. The van der Waals surface area contributed by atoms with E-state index in [1.54, 1.807) is 0 Å². The van der Waals surface area contributed by atoms with Crippen molar-refractivity contribution < 1.29 is 39.3 Å². The summed E-state index contributed by atoms with van der Waals surface area (Å²) in [4.78, 5) is 75.8. The Morgan fingerprint density at radius 3 is 1.86 bits per heavy atom. The number of hydrogen-bond acceptors (Lipinski definition) is 9. The molecule has 0 aliphatic rings. The smallest absolute Gasteiger partial charge is 0.326 e. The first kappa shape index (κ1) is 31.3. The lowest BCUT2D eigenvalue weighted by Gasteiger charge is -2.25. The number of benzene rings is 1. The van der Waals surface area contributed by atoms with Gasteiger partial charge in [0.25, 0.3) is 0 Å². The first-order valence-electron chi connectivity index (χ1n) is 12.9. The second-order valence-electron chi connectivity index (χ2n) is 9.49. The van der Waals surface area contributed by atoms with E-state index in [2.05, 4.69) is 35.9 Å². The van der Waals surface area contributed by atoms with E-state index >= 15 is 0 Å². The number of aromatic hydroxyl groups is 1. The molecule has 4 atom stereocenters. The summed E-state index contributed by atoms with van der Waals surface area (Å²) >= 11 is 0. The minimum absolute atomic E-state index is 0.0104. The van der Waals surface area contributed by atoms with Gasteiger partial charge in [0, 0.05) is 49.5 Å². The van der Waals surface area contributed by atoms with Gasteiger partial charge in [0.2, 0.25) is 17.7 Å². The molecular formula is C26H32N8O8. The standard InChI is InChI=1S/C26H32N8O8/c27-18(8-15-10-28-12-30-15)23(38)32-19(5-6-22(36)37)24(39)33-20(9-16-11-29-13-31-16)25(40)34-21(26(41)42)7-14-1-3-17(35)4-2-14/h1-4,10-13,18-21,35H,5-9,27H2,(H,28,30)(H,29,31)(H,32,38)(H,33,39)(H,34,40)(H,36,37)(H,41,42). The number of nitrogens with one attached hydrogen (secondary N) is 5. The number of rotatable bonds is 16. The van der Waals surface area contributed by atoms with Crippen molar-refractivity contribution in [1.82, 2.24) is 35.9 Å². The van der Waals surface area contributed by atoms with Crippen LogP contribution in [-0.2, 0) is 43.2 Å². The number of nitrogens with two attached hydrogens (primary N) is 1. The van der Waals surface area contributed by atoms with E-state index < -0.39 is 60.2 Å². The minimum Gasteiger partial charge on any atom is -0.508 e. The highest BCUT2D eigenvalue weighted by Crippen LogP contribution is 2.12. The van der Waals surface area contributed by atoms with Crippen LogP contribution in [0.15, 0.2) is 49.3 Å². The lowest BCUT2D eigenvalue weighted by molar-refractivity contribution is -0.142. The Morgan fingerprint density at radius 1 is 0.762 bits per heavy atom. The van der Waals surface area contributed by atoms with Crippen LogP contribution in [0.1, 0.15) is 29.8 Å². The van der Waals surface area contributed by atoms with Gasteiger partial charge in [-0.15, -0.1) is 0 Å². The van der Waals surface area contributed by atoms with E-state index in [-0.39, 0.29) is 31.4 Å². The Hall–Kier alpha value is -5.25. The SMILES string of the molecule is NC(Cc1cnc[nH]1)C(=O)NC(CCC(=O)O)C(=O)NC(Cc1cnc[nH]1)C(=O)NC(Cc1ccc(O)cc1)C(=O)O. The van der Waals surface area contributed by atoms with E-state index in [0.29, 0.717) is 17.0 Å². The molecule has 0 aliphatic carbocycles. The Morgan fingerprint density at radius 2 is 1.31 bits per heavy atom. The molecule has 3 rings (SSSR count). The molecule has 10 N–H and O–H groups in total. The Labute approximate surface area is 239 Å². The lowest BCUT2D eigenvalue weighted by Crippen LogP contribution is -2.58. The highest BCUT2D eigenvalue weighted by molar-refractivity contribution is 5.94. The van der Waals surface area contributed by atoms with Gasteiger partial charge in [0.1, 0.15) is 23.9 Å². The molecule has 2 heterocycles. The van der Waals surface area contributed by atoms with Gasteiger partial charge in [0.05, 0.1) is 18.7 Å². The van der Waals surface area contributed by atoms with Crippen molar-refractivity contribution >= 4 is 29.7 Å². The average Bonchev–Trinajstić information content (AvgIpc) is 3.65. The number of carbonyl (C=O) groups is 5. The molecular weight excluding hydrogens is 552 g/mol. The number of amides is 3. The molecule has 0 fully saturated rings. The lowest BCUT2D eigenvalue weighted by atomic mass is 10.0. The first-order valence-corrected chi connectivity index (χ1v) is 12.9. The second-order valence-corrected chi connectivity index (χ2v) is 9.49. The minimum atomic E-state index is -1.38. The predicted molar refractivity (Wildman–Crippen MR) is 145 cm³/mol. The third-order valence-electron chi connectivity index (χ3n) is 6.21. The fraction of sp³-hybridized carbons (Fsp3) is 0.346. The molecule has 224 valence electrons. The van der Waals surface area contributed by atoms with Crippen molar-refractivity contribution in [3.63, 3.8) is 0 Å². The van der Waals surface area contributed by atoms with Crippen LogP contribution in [0.3, 0.4) is 0 Å². The molecule has 42 heavy (non-hydrogen) atoms. The predicted octanol–water partition coefficient (Wildman–Crippen LogP) is -1.40. The van der Waals surface area contributed by atoms with Crippen LogP contribution in [0.2, 0.25) is 0 Å². The average molecular weight is 585 g/mol. The van der Waals surface area contributed by atoms with Crippen molar-refractivity contribution in [1.29, 1.82) is 0 Å². The van der Waals surface area contributed by atoms with Crippen molar-refractivity contribution in [3.8, 4) is 5.75 Å².